The first-order chi connectivity index (χ1) is 16.3. The molecule has 1 aliphatic heterocycles. The largest absolute Gasteiger partial charge is 0.481 e. The number of ether oxygens (including phenoxy) is 1. The lowest BCUT2D eigenvalue weighted by molar-refractivity contribution is -0.537. The standard InChI is InChI=1S/C25H37N3O6/c1-3-17(2)24(34-15-18-10-6-4-7-11-18)21-23(28(32)33)22(19-12-8-5-9-13-19)27-25(21,26-16-29)14-20(30)31/h4,6-7,10-11,16-17,19,21-24,27H,3,5,8-9,12-15H2,1-2H3,(H,26,29)(H,30,31)/t17-,21-,22-,23-,24-,25+/m0/s1. The maximum absolute atomic E-state index is 12.6. The smallest absolute Gasteiger partial charge is 0.307 e. The van der Waals surface area contributed by atoms with Crippen LogP contribution in [0.25, 0.3) is 0 Å². The molecular formula is C25H37N3O6. The molecule has 188 valence electrons. The molecule has 1 heterocycles. The van der Waals surface area contributed by atoms with Crippen molar-refractivity contribution in [2.75, 3.05) is 0 Å². The normalized spacial score (nSPS) is 29.3. The number of benzene rings is 1. The Morgan fingerprint density at radius 2 is 2.00 bits per heavy atom. The van der Waals surface area contributed by atoms with Gasteiger partial charge in [0, 0.05) is 4.92 Å². The summed E-state index contributed by atoms with van der Waals surface area (Å²) in [4.78, 5) is 36.0. The van der Waals surface area contributed by atoms with E-state index in [1.54, 1.807) is 0 Å². The van der Waals surface area contributed by atoms with E-state index in [0.29, 0.717) is 12.8 Å². The van der Waals surface area contributed by atoms with Gasteiger partial charge in [-0.2, -0.15) is 0 Å². The SMILES string of the molecule is CC[C@H](C)[C@H](OCc1ccccc1)[C@@H]1[C@H]([N+](=O)[O-])[C@H](C2CCCCC2)N[C@@]1(CC(=O)O)NC=O. The molecule has 1 saturated heterocycles. The first-order valence-electron chi connectivity index (χ1n) is 12.3. The first kappa shape index (κ1) is 26.1. The van der Waals surface area contributed by atoms with E-state index >= 15 is 0 Å². The quantitative estimate of drug-likeness (QED) is 0.240. The maximum Gasteiger partial charge on any atom is 0.307 e. The van der Waals surface area contributed by atoms with Gasteiger partial charge in [-0.25, -0.2) is 0 Å². The molecule has 2 fully saturated rings. The third-order valence-corrected chi connectivity index (χ3v) is 7.72. The van der Waals surface area contributed by atoms with Crippen molar-refractivity contribution >= 4 is 12.4 Å². The molecular weight excluding hydrogens is 438 g/mol. The maximum atomic E-state index is 12.6. The molecule has 1 aliphatic carbocycles. The average Bonchev–Trinajstić information content (AvgIpc) is 3.14. The highest BCUT2D eigenvalue weighted by molar-refractivity contribution is 5.69. The molecule has 0 aromatic heterocycles. The van der Waals surface area contributed by atoms with Gasteiger partial charge in [-0.05, 0) is 30.2 Å². The summed E-state index contributed by atoms with van der Waals surface area (Å²) in [5.74, 6) is -2.04. The molecule has 3 N–H and O–H groups in total. The lowest BCUT2D eigenvalue weighted by Crippen LogP contribution is -2.63. The molecule has 9 nitrogen and oxygen atoms in total. The summed E-state index contributed by atoms with van der Waals surface area (Å²) in [7, 11) is 0. The molecule has 9 heteroatoms. The van der Waals surface area contributed by atoms with Crippen LogP contribution in [-0.2, 0) is 20.9 Å². The third kappa shape index (κ3) is 5.75. The predicted molar refractivity (Wildman–Crippen MR) is 126 cm³/mol. The molecule has 1 aromatic carbocycles. The van der Waals surface area contributed by atoms with Crippen molar-refractivity contribution < 1.29 is 24.4 Å². The number of nitrogens with one attached hydrogen (secondary N) is 2. The van der Waals surface area contributed by atoms with Crippen molar-refractivity contribution in [1.29, 1.82) is 0 Å². The number of hydrogen-bond donors (Lipinski definition) is 3. The van der Waals surface area contributed by atoms with Crippen LogP contribution < -0.4 is 10.6 Å². The Hall–Kier alpha value is -2.52. The second-order valence-corrected chi connectivity index (χ2v) is 9.82. The Bertz CT molecular complexity index is 831. The van der Waals surface area contributed by atoms with Gasteiger partial charge in [0.15, 0.2) is 0 Å². The monoisotopic (exact) mass is 475 g/mol. The number of aliphatic carboxylic acids is 1. The van der Waals surface area contributed by atoms with Crippen molar-refractivity contribution in [2.45, 2.75) is 89.3 Å². The Balaban J connectivity index is 2.05. The van der Waals surface area contributed by atoms with E-state index in [0.717, 1.165) is 37.7 Å². The summed E-state index contributed by atoms with van der Waals surface area (Å²) in [5.41, 5.74) is -0.548. The lowest BCUT2D eigenvalue weighted by atomic mass is 9.74. The number of rotatable bonds is 12. The van der Waals surface area contributed by atoms with Gasteiger partial charge in [0.1, 0.15) is 5.66 Å². The van der Waals surface area contributed by atoms with Gasteiger partial charge >= 0.3 is 5.97 Å². The molecule has 2 aliphatic rings. The van der Waals surface area contributed by atoms with Crippen molar-refractivity contribution in [3.8, 4) is 0 Å². The van der Waals surface area contributed by atoms with Crippen LogP contribution in [0.15, 0.2) is 30.3 Å². The minimum Gasteiger partial charge on any atom is -0.481 e. The number of carbonyl (C=O) groups excluding carboxylic acids is 1. The van der Waals surface area contributed by atoms with Crippen molar-refractivity contribution in [1.82, 2.24) is 10.6 Å². The molecule has 1 aromatic rings. The van der Waals surface area contributed by atoms with Crippen LogP contribution in [0.5, 0.6) is 0 Å². The minimum absolute atomic E-state index is 0.0440. The minimum atomic E-state index is -1.47. The number of amides is 1. The van der Waals surface area contributed by atoms with Crippen molar-refractivity contribution in [3.63, 3.8) is 0 Å². The molecule has 6 atom stereocenters. The summed E-state index contributed by atoms with van der Waals surface area (Å²) in [6.45, 7) is 4.19. The van der Waals surface area contributed by atoms with Gasteiger partial charge < -0.3 is 15.2 Å². The molecule has 1 amide bonds. The van der Waals surface area contributed by atoms with E-state index in [2.05, 4.69) is 10.6 Å². The van der Waals surface area contributed by atoms with Gasteiger partial charge in [-0.15, -0.1) is 0 Å². The fourth-order valence-electron chi connectivity index (χ4n) is 5.94. The second kappa shape index (κ2) is 11.8. The Morgan fingerprint density at radius 1 is 1.32 bits per heavy atom. The van der Waals surface area contributed by atoms with E-state index in [-0.39, 0.29) is 23.4 Å². The number of carboxylic acid groups (broad SMARTS) is 1. The van der Waals surface area contributed by atoms with Gasteiger partial charge in [0.05, 0.1) is 31.1 Å². The number of hydrogen-bond acceptors (Lipinski definition) is 6. The average molecular weight is 476 g/mol. The Kier molecular flexibility index (Phi) is 9.02. The van der Waals surface area contributed by atoms with Crippen LogP contribution in [0.4, 0.5) is 0 Å². The lowest BCUT2D eigenvalue weighted by Gasteiger charge is -2.40. The molecule has 3 rings (SSSR count). The predicted octanol–water partition coefficient (Wildman–Crippen LogP) is 3.35. The molecule has 1 saturated carbocycles. The van der Waals surface area contributed by atoms with Gasteiger partial charge in [0.2, 0.25) is 12.5 Å². The third-order valence-electron chi connectivity index (χ3n) is 7.72. The summed E-state index contributed by atoms with van der Waals surface area (Å²) < 4.78 is 6.37. The van der Waals surface area contributed by atoms with E-state index in [1.807, 2.05) is 44.2 Å². The molecule has 0 radical (unpaired) electrons. The highest BCUT2D eigenvalue weighted by Crippen LogP contribution is 2.44. The second-order valence-electron chi connectivity index (χ2n) is 9.82. The highest BCUT2D eigenvalue weighted by atomic mass is 16.6. The number of nitrogens with zero attached hydrogens (tertiary/aromatic N) is 1. The zero-order chi connectivity index (χ0) is 24.7. The fraction of sp³-hybridized carbons (Fsp3) is 0.680. The summed E-state index contributed by atoms with van der Waals surface area (Å²) >= 11 is 0. The number of carbonyl (C=O) groups is 2. The van der Waals surface area contributed by atoms with Crippen LogP contribution in [0, 0.1) is 27.9 Å². The van der Waals surface area contributed by atoms with Gasteiger partial charge in [0.25, 0.3) is 0 Å². The molecule has 0 spiro atoms. The Morgan fingerprint density at radius 3 is 2.56 bits per heavy atom. The van der Waals surface area contributed by atoms with Crippen molar-refractivity contribution in [3.05, 3.63) is 46.0 Å². The van der Waals surface area contributed by atoms with Gasteiger partial charge in [-0.1, -0.05) is 69.9 Å². The van der Waals surface area contributed by atoms with Crippen LogP contribution >= 0.6 is 0 Å². The van der Waals surface area contributed by atoms with Crippen LogP contribution in [0.3, 0.4) is 0 Å². The number of carboxylic acids is 1. The van der Waals surface area contributed by atoms with E-state index in [4.69, 9.17) is 4.74 Å². The van der Waals surface area contributed by atoms with Gasteiger partial charge in [-0.3, -0.25) is 25.0 Å². The van der Waals surface area contributed by atoms with E-state index < -0.39 is 42.2 Å². The zero-order valence-electron chi connectivity index (χ0n) is 20.0. The van der Waals surface area contributed by atoms with E-state index in [1.165, 1.54) is 0 Å². The van der Waals surface area contributed by atoms with E-state index in [9.17, 15) is 24.8 Å². The summed E-state index contributed by atoms with van der Waals surface area (Å²) in [6.07, 6.45) is 4.81. The topological polar surface area (TPSA) is 131 Å². The van der Waals surface area contributed by atoms with Crippen molar-refractivity contribution in [2.24, 2.45) is 17.8 Å². The van der Waals surface area contributed by atoms with Crippen LogP contribution in [0.2, 0.25) is 0 Å². The zero-order valence-corrected chi connectivity index (χ0v) is 20.0. The van der Waals surface area contributed by atoms with Crippen LogP contribution in [-0.4, -0.2) is 46.3 Å². The summed E-state index contributed by atoms with van der Waals surface area (Å²) in [5, 5.41) is 28.4. The fourth-order valence-corrected chi connectivity index (χ4v) is 5.94. The first-order valence-corrected chi connectivity index (χ1v) is 12.3. The van der Waals surface area contributed by atoms with Crippen LogP contribution in [0.1, 0.15) is 64.4 Å². The molecule has 0 unspecified atom stereocenters. The number of nitro groups is 1. The Labute approximate surface area is 200 Å². The molecule has 34 heavy (non-hydrogen) atoms. The molecule has 0 bridgehead atoms. The summed E-state index contributed by atoms with van der Waals surface area (Å²) in [6, 6.07) is 7.92. The highest BCUT2D eigenvalue weighted by Gasteiger charge is 2.64.